The first-order valence-electron chi connectivity index (χ1n) is 10.1. The van der Waals surface area contributed by atoms with Gasteiger partial charge in [-0.25, -0.2) is 24.9 Å². The summed E-state index contributed by atoms with van der Waals surface area (Å²) in [4.78, 5) is 35.0. The largest absolute Gasteiger partial charge is 0.382 e. The molecule has 0 saturated carbocycles. The third kappa shape index (κ3) is 4.65. The van der Waals surface area contributed by atoms with Gasteiger partial charge in [-0.05, 0) is 45.0 Å². The molecule has 10 nitrogen and oxygen atoms in total. The Hall–Kier alpha value is -3.92. The van der Waals surface area contributed by atoms with Gasteiger partial charge in [0, 0.05) is 36.9 Å². The number of nitrogens with two attached hydrogens (primary N) is 1. The van der Waals surface area contributed by atoms with Crippen LogP contribution in [0.5, 0.6) is 0 Å². The number of hydrogen-bond donors (Lipinski definition) is 2. The SMILES string of the molecule is Cc1cc(-c2nc(C(=O)NC(C)(C)c3ncccn3)c(N)nc2-c2ccn(C)n2)cc(Cl)n1. The molecule has 0 fully saturated rings. The average molecular weight is 464 g/mol. The molecule has 0 atom stereocenters. The van der Waals surface area contributed by atoms with E-state index >= 15 is 0 Å². The monoisotopic (exact) mass is 463 g/mol. The summed E-state index contributed by atoms with van der Waals surface area (Å²) >= 11 is 6.19. The Bertz CT molecular complexity index is 1310. The average Bonchev–Trinajstić information content (AvgIpc) is 3.19. The summed E-state index contributed by atoms with van der Waals surface area (Å²) in [5, 5.41) is 7.60. The zero-order valence-corrected chi connectivity index (χ0v) is 19.3. The van der Waals surface area contributed by atoms with Crippen LogP contribution < -0.4 is 11.1 Å². The van der Waals surface area contributed by atoms with Crippen LogP contribution in [0.15, 0.2) is 42.9 Å². The van der Waals surface area contributed by atoms with E-state index in [2.05, 4.69) is 35.3 Å². The predicted octanol–water partition coefficient (Wildman–Crippen LogP) is 2.94. The minimum Gasteiger partial charge on any atom is -0.382 e. The third-order valence-corrected chi connectivity index (χ3v) is 5.03. The number of nitrogens with one attached hydrogen (secondary N) is 1. The zero-order chi connectivity index (χ0) is 23.8. The summed E-state index contributed by atoms with van der Waals surface area (Å²) in [5.74, 6) is -0.0894. The molecule has 0 aliphatic rings. The van der Waals surface area contributed by atoms with Crippen molar-refractivity contribution in [2.75, 3.05) is 5.73 Å². The topological polar surface area (TPSA) is 137 Å². The van der Waals surface area contributed by atoms with Gasteiger partial charge in [0.05, 0.1) is 11.2 Å². The van der Waals surface area contributed by atoms with Crippen molar-refractivity contribution in [1.29, 1.82) is 0 Å². The smallest absolute Gasteiger partial charge is 0.274 e. The predicted molar refractivity (Wildman–Crippen MR) is 124 cm³/mol. The molecule has 0 aliphatic carbocycles. The van der Waals surface area contributed by atoms with Crippen LogP contribution in [0.25, 0.3) is 22.6 Å². The lowest BCUT2D eigenvalue weighted by molar-refractivity contribution is 0.0904. The molecule has 0 spiro atoms. The summed E-state index contributed by atoms with van der Waals surface area (Å²) in [6, 6.07) is 6.96. The van der Waals surface area contributed by atoms with E-state index in [1.165, 1.54) is 0 Å². The van der Waals surface area contributed by atoms with Gasteiger partial charge >= 0.3 is 0 Å². The van der Waals surface area contributed by atoms with Crippen LogP contribution in [0.2, 0.25) is 5.15 Å². The lowest BCUT2D eigenvalue weighted by Crippen LogP contribution is -2.43. The molecular weight excluding hydrogens is 442 g/mol. The van der Waals surface area contributed by atoms with Crippen molar-refractivity contribution in [3.8, 4) is 22.6 Å². The number of amides is 1. The maximum atomic E-state index is 13.2. The molecule has 0 aliphatic heterocycles. The Kier molecular flexibility index (Phi) is 5.77. The Balaban J connectivity index is 1.82. The second-order valence-electron chi connectivity index (χ2n) is 8.00. The van der Waals surface area contributed by atoms with Crippen molar-refractivity contribution < 1.29 is 4.79 Å². The number of rotatable bonds is 5. The molecule has 33 heavy (non-hydrogen) atoms. The molecule has 4 aromatic heterocycles. The van der Waals surface area contributed by atoms with E-state index < -0.39 is 11.4 Å². The molecular formula is C22H22ClN9O. The normalized spacial score (nSPS) is 11.4. The van der Waals surface area contributed by atoms with Crippen LogP contribution in [0, 0.1) is 6.92 Å². The molecule has 168 valence electrons. The van der Waals surface area contributed by atoms with E-state index in [0.29, 0.717) is 39.3 Å². The number of pyridine rings is 1. The molecule has 0 saturated heterocycles. The minimum absolute atomic E-state index is 0.0284. The maximum Gasteiger partial charge on any atom is 0.274 e. The van der Waals surface area contributed by atoms with Crippen molar-refractivity contribution in [1.82, 2.24) is 40.0 Å². The first-order valence-corrected chi connectivity index (χ1v) is 10.4. The molecule has 4 rings (SSSR count). The Morgan fingerprint density at radius 1 is 1.12 bits per heavy atom. The van der Waals surface area contributed by atoms with Crippen LogP contribution in [-0.2, 0) is 12.6 Å². The molecule has 0 aromatic carbocycles. The summed E-state index contributed by atoms with van der Waals surface area (Å²) in [6.45, 7) is 5.40. The van der Waals surface area contributed by atoms with Gasteiger partial charge in [0.15, 0.2) is 17.3 Å². The van der Waals surface area contributed by atoms with Crippen LogP contribution in [0.1, 0.15) is 35.9 Å². The number of carbonyl (C=O) groups is 1. The molecule has 3 N–H and O–H groups in total. The second-order valence-corrected chi connectivity index (χ2v) is 8.39. The third-order valence-electron chi connectivity index (χ3n) is 4.84. The van der Waals surface area contributed by atoms with E-state index in [4.69, 9.17) is 17.3 Å². The molecule has 0 bridgehead atoms. The summed E-state index contributed by atoms with van der Waals surface area (Å²) in [6.07, 6.45) is 5.00. The van der Waals surface area contributed by atoms with E-state index in [-0.39, 0.29) is 11.5 Å². The van der Waals surface area contributed by atoms with Gasteiger partial charge < -0.3 is 11.1 Å². The van der Waals surface area contributed by atoms with Crippen LogP contribution in [0.4, 0.5) is 5.82 Å². The van der Waals surface area contributed by atoms with Gasteiger partial charge in [0.2, 0.25) is 0 Å². The van der Waals surface area contributed by atoms with Crippen LogP contribution in [-0.4, -0.2) is 40.6 Å². The first-order chi connectivity index (χ1) is 15.6. The standard InChI is InChI=1S/C22H22ClN9O/c1-12-10-13(11-15(23)27-12)16-17(14-6-9-32(4)31-14)29-19(24)18(28-16)20(33)30-22(2,3)21-25-7-5-8-26-21/h5-11H,1-4H3,(H2,24,29)(H,30,33). The van der Waals surface area contributed by atoms with Crippen molar-refractivity contribution in [3.05, 3.63) is 65.2 Å². The van der Waals surface area contributed by atoms with Gasteiger partial charge in [0.25, 0.3) is 5.91 Å². The molecule has 0 radical (unpaired) electrons. The lowest BCUT2D eigenvalue weighted by Gasteiger charge is -2.24. The molecule has 0 unspecified atom stereocenters. The summed E-state index contributed by atoms with van der Waals surface area (Å²) < 4.78 is 1.64. The number of anilines is 1. The van der Waals surface area contributed by atoms with Gasteiger partial charge in [-0.2, -0.15) is 5.10 Å². The van der Waals surface area contributed by atoms with Crippen molar-refractivity contribution in [3.63, 3.8) is 0 Å². The van der Waals surface area contributed by atoms with E-state index in [1.807, 2.05) is 13.0 Å². The highest BCUT2D eigenvalue weighted by Crippen LogP contribution is 2.31. The number of halogens is 1. The second kappa shape index (κ2) is 8.55. The summed E-state index contributed by atoms with van der Waals surface area (Å²) in [5.41, 5.74) is 8.02. The molecule has 11 heteroatoms. The van der Waals surface area contributed by atoms with Gasteiger partial charge in [-0.15, -0.1) is 0 Å². The number of aromatic nitrogens is 7. The fourth-order valence-electron chi connectivity index (χ4n) is 3.32. The van der Waals surface area contributed by atoms with Crippen LogP contribution in [0.3, 0.4) is 0 Å². The number of nitrogens with zero attached hydrogens (tertiary/aromatic N) is 7. The van der Waals surface area contributed by atoms with E-state index in [0.717, 1.165) is 0 Å². The Morgan fingerprint density at radius 3 is 2.48 bits per heavy atom. The van der Waals surface area contributed by atoms with Crippen molar-refractivity contribution in [2.45, 2.75) is 26.3 Å². The van der Waals surface area contributed by atoms with Crippen molar-refractivity contribution >= 4 is 23.3 Å². The lowest BCUT2D eigenvalue weighted by atomic mass is 10.0. The zero-order valence-electron chi connectivity index (χ0n) is 18.5. The fourth-order valence-corrected chi connectivity index (χ4v) is 3.57. The van der Waals surface area contributed by atoms with Gasteiger partial charge in [0.1, 0.15) is 16.5 Å². The van der Waals surface area contributed by atoms with Crippen LogP contribution >= 0.6 is 11.6 Å². The van der Waals surface area contributed by atoms with Gasteiger partial charge in [-0.1, -0.05) is 11.6 Å². The number of hydrogen-bond acceptors (Lipinski definition) is 8. The quantitative estimate of drug-likeness (QED) is 0.431. The highest BCUT2D eigenvalue weighted by molar-refractivity contribution is 6.29. The van der Waals surface area contributed by atoms with E-state index in [1.54, 1.807) is 62.4 Å². The Morgan fingerprint density at radius 2 is 1.85 bits per heavy atom. The molecule has 4 heterocycles. The van der Waals surface area contributed by atoms with E-state index in [9.17, 15) is 4.79 Å². The first kappa shape index (κ1) is 22.3. The fraction of sp³-hybridized carbons (Fsp3) is 0.227. The molecule has 1 amide bonds. The molecule has 4 aromatic rings. The highest BCUT2D eigenvalue weighted by atomic mass is 35.5. The highest BCUT2D eigenvalue weighted by Gasteiger charge is 2.29. The van der Waals surface area contributed by atoms with Gasteiger partial charge in [-0.3, -0.25) is 9.48 Å². The number of carbonyl (C=O) groups excluding carboxylic acids is 1. The number of aryl methyl sites for hydroxylation is 2. The van der Waals surface area contributed by atoms with Crippen molar-refractivity contribution in [2.24, 2.45) is 7.05 Å². The maximum absolute atomic E-state index is 13.2. The Labute approximate surface area is 195 Å². The summed E-state index contributed by atoms with van der Waals surface area (Å²) in [7, 11) is 1.79. The minimum atomic E-state index is -0.872. The number of nitrogen functional groups attached to an aromatic ring is 1.